The van der Waals surface area contributed by atoms with Gasteiger partial charge in [-0.15, -0.1) is 0 Å². The number of ether oxygens (including phenoxy) is 1. The highest BCUT2D eigenvalue weighted by Crippen LogP contribution is 2.44. The van der Waals surface area contributed by atoms with Crippen molar-refractivity contribution in [3.05, 3.63) is 77.7 Å². The van der Waals surface area contributed by atoms with Crippen molar-refractivity contribution in [2.24, 2.45) is 0 Å². The number of hydrogen-bond acceptors (Lipinski definition) is 5. The zero-order chi connectivity index (χ0) is 23.7. The van der Waals surface area contributed by atoms with Crippen LogP contribution >= 0.6 is 0 Å². The van der Waals surface area contributed by atoms with Crippen molar-refractivity contribution in [1.29, 1.82) is 0 Å². The Hall–Kier alpha value is -4.07. The van der Waals surface area contributed by atoms with Crippen LogP contribution in [-0.2, 0) is 9.53 Å². The maximum atomic E-state index is 13.0. The number of nitrogens with zero attached hydrogens (tertiary/aromatic N) is 1. The predicted molar refractivity (Wildman–Crippen MR) is 124 cm³/mol. The smallest absolute Gasteiger partial charge is 0.411 e. The van der Waals surface area contributed by atoms with E-state index < -0.39 is 18.0 Å². The number of benzene rings is 2. The quantitative estimate of drug-likeness (QED) is 0.503. The molecule has 2 amide bonds. The maximum Gasteiger partial charge on any atom is 0.411 e. The van der Waals surface area contributed by atoms with Crippen LogP contribution in [0, 0.1) is 0 Å². The Morgan fingerprint density at radius 2 is 1.65 bits per heavy atom. The predicted octanol–water partition coefficient (Wildman–Crippen LogP) is 4.72. The van der Waals surface area contributed by atoms with Crippen LogP contribution in [0.15, 0.2) is 65.3 Å². The lowest BCUT2D eigenvalue weighted by atomic mass is 9.98. The molecular formula is C26H24N2O6. The number of rotatable bonds is 8. The minimum atomic E-state index is -0.977. The number of anilines is 1. The summed E-state index contributed by atoms with van der Waals surface area (Å²) < 4.78 is 10.9. The van der Waals surface area contributed by atoms with Crippen molar-refractivity contribution in [2.75, 3.05) is 18.5 Å². The largest absolute Gasteiger partial charge is 0.481 e. The molecule has 2 aliphatic rings. The molecule has 2 aromatic carbocycles. The fraction of sp³-hybridized carbons (Fsp3) is 0.269. The van der Waals surface area contributed by atoms with E-state index in [0.29, 0.717) is 0 Å². The molecule has 8 heteroatoms. The molecular weight excluding hydrogens is 436 g/mol. The number of nitrogens with one attached hydrogen (secondary N) is 1. The highest BCUT2D eigenvalue weighted by atomic mass is 16.5. The van der Waals surface area contributed by atoms with E-state index in [1.54, 1.807) is 0 Å². The maximum absolute atomic E-state index is 13.0. The van der Waals surface area contributed by atoms with Crippen molar-refractivity contribution >= 4 is 23.7 Å². The molecule has 174 valence electrons. The van der Waals surface area contributed by atoms with Crippen LogP contribution in [0.1, 0.15) is 46.9 Å². The van der Waals surface area contributed by atoms with Crippen LogP contribution in [0.25, 0.3) is 11.1 Å². The van der Waals surface area contributed by atoms with Crippen LogP contribution in [0.5, 0.6) is 0 Å². The highest BCUT2D eigenvalue weighted by Gasteiger charge is 2.36. The van der Waals surface area contributed by atoms with Crippen LogP contribution in [0.2, 0.25) is 0 Å². The van der Waals surface area contributed by atoms with Crippen LogP contribution < -0.4 is 5.32 Å². The Morgan fingerprint density at radius 1 is 1.00 bits per heavy atom. The lowest BCUT2D eigenvalue weighted by Crippen LogP contribution is -2.35. The van der Waals surface area contributed by atoms with Crippen molar-refractivity contribution < 1.29 is 28.6 Å². The Labute approximate surface area is 196 Å². The second-order valence-corrected chi connectivity index (χ2v) is 8.49. The fourth-order valence-corrected chi connectivity index (χ4v) is 4.50. The normalized spacial score (nSPS) is 14.2. The molecule has 0 bridgehead atoms. The summed E-state index contributed by atoms with van der Waals surface area (Å²) in [4.78, 5) is 38.1. The van der Waals surface area contributed by atoms with Gasteiger partial charge in [-0.05, 0) is 35.1 Å². The second-order valence-electron chi connectivity index (χ2n) is 8.49. The first kappa shape index (κ1) is 21.8. The molecule has 1 aromatic heterocycles. The minimum absolute atomic E-state index is 0.000690. The fourth-order valence-electron chi connectivity index (χ4n) is 4.50. The molecule has 8 nitrogen and oxygen atoms in total. The number of fused-ring (bicyclic) bond motifs is 3. The standard InChI is InChI=1S/C26H24N2O6/c29-23(30)11-13-28(16-9-10-16)25(31)24-22(12-14-33-24)27-26(32)34-15-21-19-7-3-1-5-17(19)18-6-2-4-8-20(18)21/h1-8,12,14,16,21H,9-11,13,15H2,(H,27,32)(H,29,30). The highest BCUT2D eigenvalue weighted by molar-refractivity contribution is 6.00. The zero-order valence-electron chi connectivity index (χ0n) is 18.4. The number of carbonyl (C=O) groups is 3. The molecule has 1 fully saturated rings. The molecule has 1 saturated carbocycles. The summed E-state index contributed by atoms with van der Waals surface area (Å²) >= 11 is 0. The van der Waals surface area contributed by atoms with Gasteiger partial charge in [0.1, 0.15) is 6.61 Å². The molecule has 0 radical (unpaired) electrons. The number of hydrogen-bond donors (Lipinski definition) is 2. The molecule has 1 heterocycles. The Bertz CT molecular complexity index is 1200. The van der Waals surface area contributed by atoms with Gasteiger partial charge in [0.2, 0.25) is 5.76 Å². The molecule has 0 aliphatic heterocycles. The van der Waals surface area contributed by atoms with Gasteiger partial charge in [-0.25, -0.2) is 4.79 Å². The van der Waals surface area contributed by atoms with Gasteiger partial charge in [0.15, 0.2) is 0 Å². The van der Waals surface area contributed by atoms with Crippen LogP contribution in [0.4, 0.5) is 10.5 Å². The number of carboxylic acids is 1. The average Bonchev–Trinajstić information content (AvgIpc) is 3.48. The first-order valence-corrected chi connectivity index (χ1v) is 11.2. The van der Waals surface area contributed by atoms with E-state index >= 15 is 0 Å². The number of aliphatic carboxylic acids is 1. The van der Waals surface area contributed by atoms with Gasteiger partial charge in [-0.1, -0.05) is 48.5 Å². The summed E-state index contributed by atoms with van der Waals surface area (Å²) in [5.74, 6) is -1.53. The van der Waals surface area contributed by atoms with E-state index in [9.17, 15) is 14.4 Å². The van der Waals surface area contributed by atoms with Gasteiger partial charge < -0.3 is 19.2 Å². The van der Waals surface area contributed by atoms with Crippen molar-refractivity contribution in [3.8, 4) is 11.1 Å². The van der Waals surface area contributed by atoms with Gasteiger partial charge in [-0.2, -0.15) is 0 Å². The molecule has 2 N–H and O–H groups in total. The average molecular weight is 460 g/mol. The topological polar surface area (TPSA) is 109 Å². The van der Waals surface area contributed by atoms with Crippen molar-refractivity contribution in [2.45, 2.75) is 31.2 Å². The Balaban J connectivity index is 1.26. The third kappa shape index (κ3) is 4.26. The number of amides is 2. The molecule has 0 atom stereocenters. The lowest BCUT2D eigenvalue weighted by Gasteiger charge is -2.21. The van der Waals surface area contributed by atoms with Gasteiger partial charge in [-0.3, -0.25) is 14.9 Å². The van der Waals surface area contributed by atoms with Gasteiger partial charge in [0.25, 0.3) is 5.91 Å². The molecule has 5 rings (SSSR count). The SMILES string of the molecule is O=C(O)CCN(C(=O)c1occc1NC(=O)OCC1c2ccccc2-c2ccccc21)C1CC1. The van der Waals surface area contributed by atoms with E-state index in [-0.39, 0.29) is 43.0 Å². The first-order valence-electron chi connectivity index (χ1n) is 11.2. The Morgan fingerprint density at radius 3 is 2.26 bits per heavy atom. The van der Waals surface area contributed by atoms with E-state index in [1.165, 1.54) is 17.2 Å². The molecule has 2 aliphatic carbocycles. The van der Waals surface area contributed by atoms with Gasteiger partial charge in [0, 0.05) is 24.6 Å². The first-order chi connectivity index (χ1) is 16.5. The summed E-state index contributed by atoms with van der Waals surface area (Å²) in [6.45, 7) is 0.234. The molecule has 0 saturated heterocycles. The van der Waals surface area contributed by atoms with Crippen molar-refractivity contribution in [3.63, 3.8) is 0 Å². The molecule has 0 spiro atoms. The van der Waals surface area contributed by atoms with Crippen LogP contribution in [-0.4, -0.2) is 47.2 Å². The summed E-state index contributed by atoms with van der Waals surface area (Å²) in [6, 6.07) is 17.6. The third-order valence-corrected chi connectivity index (χ3v) is 6.25. The van der Waals surface area contributed by atoms with E-state index in [1.807, 2.05) is 36.4 Å². The molecule has 3 aromatic rings. The summed E-state index contributed by atoms with van der Waals surface area (Å²) in [5.41, 5.74) is 4.68. The van der Waals surface area contributed by atoms with Gasteiger partial charge >= 0.3 is 12.1 Å². The zero-order valence-corrected chi connectivity index (χ0v) is 18.4. The molecule has 34 heavy (non-hydrogen) atoms. The van der Waals surface area contributed by atoms with Gasteiger partial charge in [0.05, 0.1) is 18.4 Å². The summed E-state index contributed by atoms with van der Waals surface area (Å²) in [6.07, 6.45) is 2.11. The third-order valence-electron chi connectivity index (χ3n) is 6.25. The number of carboxylic acid groups (broad SMARTS) is 1. The monoisotopic (exact) mass is 460 g/mol. The van der Waals surface area contributed by atoms with Crippen LogP contribution in [0.3, 0.4) is 0 Å². The summed E-state index contributed by atoms with van der Waals surface area (Å²) in [7, 11) is 0. The van der Waals surface area contributed by atoms with E-state index in [2.05, 4.69) is 17.4 Å². The Kier molecular flexibility index (Phi) is 5.79. The van der Waals surface area contributed by atoms with E-state index in [4.69, 9.17) is 14.3 Å². The lowest BCUT2D eigenvalue weighted by molar-refractivity contribution is -0.137. The van der Waals surface area contributed by atoms with Crippen molar-refractivity contribution in [1.82, 2.24) is 4.90 Å². The van der Waals surface area contributed by atoms with E-state index in [0.717, 1.165) is 35.1 Å². The summed E-state index contributed by atoms with van der Waals surface area (Å²) in [5, 5.41) is 11.6. The number of furan rings is 1. The number of carbonyl (C=O) groups excluding carboxylic acids is 2. The minimum Gasteiger partial charge on any atom is -0.481 e. The second kappa shape index (κ2) is 9.05. The molecule has 0 unspecified atom stereocenters.